The van der Waals surface area contributed by atoms with Crippen LogP contribution in [0.15, 0.2) is 18.3 Å². The normalized spacial score (nSPS) is 18.4. The first kappa shape index (κ1) is 12.4. The third kappa shape index (κ3) is 2.59. The van der Waals surface area contributed by atoms with Crippen LogP contribution in [0, 0.1) is 11.3 Å². The maximum absolute atomic E-state index is 11.6. The molecule has 1 N–H and O–H groups in total. The summed E-state index contributed by atoms with van der Waals surface area (Å²) in [7, 11) is 0. The molecule has 0 radical (unpaired) electrons. The molecule has 1 aliphatic rings. The van der Waals surface area contributed by atoms with E-state index in [1.165, 1.54) is 0 Å². The van der Waals surface area contributed by atoms with Gasteiger partial charge in [-0.2, -0.15) is 5.26 Å². The zero-order chi connectivity index (χ0) is 13.0. The van der Waals surface area contributed by atoms with E-state index in [-0.39, 0.29) is 11.9 Å². The fourth-order valence-corrected chi connectivity index (χ4v) is 2.13. The number of carbonyl (C=O) groups excluding carboxylic acids is 1. The highest BCUT2D eigenvalue weighted by Crippen LogP contribution is 2.17. The van der Waals surface area contributed by atoms with E-state index in [1.807, 2.05) is 11.8 Å². The number of rotatable bonds is 3. The predicted octanol–water partition coefficient (Wildman–Crippen LogP) is 1.38. The summed E-state index contributed by atoms with van der Waals surface area (Å²) in [6.07, 6.45) is 3.10. The van der Waals surface area contributed by atoms with Crippen LogP contribution in [0.3, 0.4) is 0 Å². The lowest BCUT2D eigenvalue weighted by atomic mass is 10.2. The van der Waals surface area contributed by atoms with Crippen LogP contribution >= 0.6 is 0 Å². The fourth-order valence-electron chi connectivity index (χ4n) is 2.13. The van der Waals surface area contributed by atoms with Crippen molar-refractivity contribution < 1.29 is 4.79 Å². The fraction of sp³-hybridized carbons (Fsp3) is 0.462. The van der Waals surface area contributed by atoms with Crippen LogP contribution in [0.25, 0.3) is 0 Å². The minimum atomic E-state index is 0.181. The standard InChI is InChI=1S/C13H16N4O/c1-2-12(18)17-7-5-11(9-17)16-13-10(8-14)4-3-6-15-13/h3-4,6,11H,2,5,7,9H2,1H3,(H,15,16). The number of nitrogens with zero attached hydrogens (tertiary/aromatic N) is 3. The number of hydrogen-bond acceptors (Lipinski definition) is 4. The van der Waals surface area contributed by atoms with Gasteiger partial charge in [0.05, 0.1) is 5.56 Å². The molecule has 18 heavy (non-hydrogen) atoms. The van der Waals surface area contributed by atoms with Gasteiger partial charge in [0.25, 0.3) is 0 Å². The Balaban J connectivity index is 2.00. The number of nitrogens with one attached hydrogen (secondary N) is 1. The van der Waals surface area contributed by atoms with Crippen LogP contribution in [0.1, 0.15) is 25.3 Å². The molecule has 0 aromatic carbocycles. The number of nitriles is 1. The highest BCUT2D eigenvalue weighted by atomic mass is 16.2. The summed E-state index contributed by atoms with van der Waals surface area (Å²) < 4.78 is 0. The van der Waals surface area contributed by atoms with Crippen molar-refractivity contribution in [2.75, 3.05) is 18.4 Å². The number of likely N-dealkylation sites (tertiary alicyclic amines) is 1. The van der Waals surface area contributed by atoms with Crippen molar-refractivity contribution in [2.24, 2.45) is 0 Å². The van der Waals surface area contributed by atoms with Gasteiger partial charge in [0.15, 0.2) is 0 Å². The molecule has 1 aliphatic heterocycles. The number of amides is 1. The Labute approximate surface area is 106 Å². The summed E-state index contributed by atoms with van der Waals surface area (Å²) in [4.78, 5) is 17.6. The zero-order valence-electron chi connectivity index (χ0n) is 10.4. The molecule has 94 valence electrons. The Bertz CT molecular complexity index is 480. The average molecular weight is 244 g/mol. The summed E-state index contributed by atoms with van der Waals surface area (Å²) in [6.45, 7) is 3.34. The first-order chi connectivity index (χ1) is 8.74. The van der Waals surface area contributed by atoms with Gasteiger partial charge in [-0.25, -0.2) is 4.98 Å². The third-order valence-electron chi connectivity index (χ3n) is 3.11. The maximum Gasteiger partial charge on any atom is 0.222 e. The minimum absolute atomic E-state index is 0.181. The third-order valence-corrected chi connectivity index (χ3v) is 3.11. The quantitative estimate of drug-likeness (QED) is 0.872. The topological polar surface area (TPSA) is 69.0 Å². The Hall–Kier alpha value is -2.09. The molecule has 1 aromatic rings. The van der Waals surface area contributed by atoms with E-state index in [0.29, 0.717) is 24.3 Å². The van der Waals surface area contributed by atoms with E-state index in [4.69, 9.17) is 5.26 Å². The van der Waals surface area contributed by atoms with Crippen molar-refractivity contribution in [1.82, 2.24) is 9.88 Å². The lowest BCUT2D eigenvalue weighted by Gasteiger charge is -2.16. The summed E-state index contributed by atoms with van der Waals surface area (Å²) in [5.74, 6) is 0.789. The second-order valence-corrected chi connectivity index (χ2v) is 4.33. The monoisotopic (exact) mass is 244 g/mol. The molecule has 2 heterocycles. The van der Waals surface area contributed by atoms with Gasteiger partial charge < -0.3 is 10.2 Å². The van der Waals surface area contributed by atoms with E-state index < -0.39 is 0 Å². The van der Waals surface area contributed by atoms with Crippen molar-refractivity contribution in [3.63, 3.8) is 0 Å². The molecule has 5 nitrogen and oxygen atoms in total. The second kappa shape index (κ2) is 5.50. The van der Waals surface area contributed by atoms with E-state index in [2.05, 4.69) is 16.4 Å². The summed E-state index contributed by atoms with van der Waals surface area (Å²) >= 11 is 0. The molecule has 1 amide bonds. The Morgan fingerprint density at radius 1 is 1.72 bits per heavy atom. The van der Waals surface area contributed by atoms with Crippen molar-refractivity contribution in [1.29, 1.82) is 5.26 Å². The molecule has 1 fully saturated rings. The molecule has 0 bridgehead atoms. The van der Waals surface area contributed by atoms with Gasteiger partial charge in [-0.1, -0.05) is 6.92 Å². The minimum Gasteiger partial charge on any atom is -0.364 e. The zero-order valence-corrected chi connectivity index (χ0v) is 10.4. The van der Waals surface area contributed by atoms with Gasteiger partial charge in [-0.05, 0) is 18.6 Å². The van der Waals surface area contributed by atoms with Gasteiger partial charge in [0.1, 0.15) is 11.9 Å². The van der Waals surface area contributed by atoms with Crippen LogP contribution < -0.4 is 5.32 Å². The number of aromatic nitrogens is 1. The highest BCUT2D eigenvalue weighted by molar-refractivity contribution is 5.76. The Morgan fingerprint density at radius 3 is 3.28 bits per heavy atom. The van der Waals surface area contributed by atoms with Gasteiger partial charge in [0.2, 0.25) is 5.91 Å². The lowest BCUT2D eigenvalue weighted by Crippen LogP contribution is -2.31. The molecule has 0 saturated carbocycles. The average Bonchev–Trinajstić information content (AvgIpc) is 2.87. The van der Waals surface area contributed by atoms with Crippen molar-refractivity contribution in [2.45, 2.75) is 25.8 Å². The molecule has 1 aromatic heterocycles. The Morgan fingerprint density at radius 2 is 2.56 bits per heavy atom. The van der Waals surface area contributed by atoms with E-state index in [9.17, 15) is 4.79 Å². The molecule has 1 atom stereocenters. The van der Waals surface area contributed by atoms with Crippen molar-refractivity contribution >= 4 is 11.7 Å². The molecule has 5 heteroatoms. The van der Waals surface area contributed by atoms with Crippen molar-refractivity contribution in [3.05, 3.63) is 23.9 Å². The summed E-state index contributed by atoms with van der Waals surface area (Å²) in [5, 5.41) is 12.2. The maximum atomic E-state index is 11.6. The summed E-state index contributed by atoms with van der Waals surface area (Å²) in [6, 6.07) is 5.77. The highest BCUT2D eigenvalue weighted by Gasteiger charge is 2.25. The van der Waals surface area contributed by atoms with Crippen LogP contribution in [0.5, 0.6) is 0 Å². The molecule has 2 rings (SSSR count). The number of carbonyl (C=O) groups is 1. The Kier molecular flexibility index (Phi) is 3.78. The van der Waals surface area contributed by atoms with Crippen LogP contribution in [0.2, 0.25) is 0 Å². The molecule has 0 spiro atoms. The van der Waals surface area contributed by atoms with Crippen LogP contribution in [-0.4, -0.2) is 34.9 Å². The first-order valence-electron chi connectivity index (χ1n) is 6.14. The van der Waals surface area contributed by atoms with E-state index >= 15 is 0 Å². The molecule has 0 aliphatic carbocycles. The molecule has 1 saturated heterocycles. The van der Waals surface area contributed by atoms with Crippen LogP contribution in [-0.2, 0) is 4.79 Å². The van der Waals surface area contributed by atoms with E-state index in [1.54, 1.807) is 18.3 Å². The molecular weight excluding hydrogens is 228 g/mol. The van der Waals surface area contributed by atoms with Gasteiger partial charge >= 0.3 is 0 Å². The SMILES string of the molecule is CCC(=O)N1CCC(Nc2ncccc2C#N)C1. The molecular formula is C13H16N4O. The van der Waals surface area contributed by atoms with Gasteiger partial charge in [0, 0.05) is 31.7 Å². The number of hydrogen-bond donors (Lipinski definition) is 1. The van der Waals surface area contributed by atoms with Crippen molar-refractivity contribution in [3.8, 4) is 6.07 Å². The number of pyridine rings is 1. The lowest BCUT2D eigenvalue weighted by molar-refractivity contribution is -0.129. The van der Waals surface area contributed by atoms with E-state index in [0.717, 1.165) is 13.0 Å². The predicted molar refractivity (Wildman–Crippen MR) is 67.9 cm³/mol. The smallest absolute Gasteiger partial charge is 0.222 e. The van der Waals surface area contributed by atoms with Gasteiger partial charge in [-0.3, -0.25) is 4.79 Å². The van der Waals surface area contributed by atoms with Gasteiger partial charge in [-0.15, -0.1) is 0 Å². The molecule has 1 unspecified atom stereocenters. The second-order valence-electron chi connectivity index (χ2n) is 4.33. The first-order valence-corrected chi connectivity index (χ1v) is 6.14. The summed E-state index contributed by atoms with van der Waals surface area (Å²) in [5.41, 5.74) is 0.540. The van der Waals surface area contributed by atoms with Crippen LogP contribution in [0.4, 0.5) is 5.82 Å². The largest absolute Gasteiger partial charge is 0.364 e. The number of anilines is 1.